The van der Waals surface area contributed by atoms with Crippen LogP contribution in [-0.4, -0.2) is 16.9 Å². The van der Waals surface area contributed by atoms with Crippen molar-refractivity contribution >= 4 is 11.7 Å². The Morgan fingerprint density at radius 3 is 2.18 bits per heavy atom. The van der Waals surface area contributed by atoms with Crippen molar-refractivity contribution in [3.05, 3.63) is 71.3 Å². The molecule has 0 radical (unpaired) electrons. The van der Waals surface area contributed by atoms with Gasteiger partial charge in [-0.1, -0.05) is 54.6 Å². The van der Waals surface area contributed by atoms with Crippen LogP contribution in [0.25, 0.3) is 0 Å². The van der Waals surface area contributed by atoms with E-state index in [0.717, 1.165) is 29.5 Å². The SMILES string of the molecule is O=C(Cc1ccc(CCCC(=O)c2ccccc2)cc1)NO. The zero-order chi connectivity index (χ0) is 15.8. The predicted octanol–water partition coefficient (Wildman–Crippen LogP) is 2.94. The summed E-state index contributed by atoms with van der Waals surface area (Å²) in [5.41, 5.74) is 4.35. The van der Waals surface area contributed by atoms with Gasteiger partial charge in [-0.3, -0.25) is 14.8 Å². The summed E-state index contributed by atoms with van der Waals surface area (Å²) in [6.45, 7) is 0. The molecule has 2 N–H and O–H groups in total. The lowest BCUT2D eigenvalue weighted by atomic mass is 10.0. The van der Waals surface area contributed by atoms with Gasteiger partial charge in [0.25, 0.3) is 0 Å². The summed E-state index contributed by atoms with van der Waals surface area (Å²) in [5.74, 6) is -0.266. The Balaban J connectivity index is 1.80. The average Bonchev–Trinajstić information content (AvgIpc) is 2.57. The largest absolute Gasteiger partial charge is 0.294 e. The average molecular weight is 297 g/mol. The van der Waals surface area contributed by atoms with Gasteiger partial charge < -0.3 is 0 Å². The van der Waals surface area contributed by atoms with Crippen LogP contribution < -0.4 is 5.48 Å². The second kappa shape index (κ2) is 8.10. The highest BCUT2D eigenvalue weighted by Gasteiger charge is 2.05. The van der Waals surface area contributed by atoms with E-state index >= 15 is 0 Å². The van der Waals surface area contributed by atoms with Crippen LogP contribution in [0.2, 0.25) is 0 Å². The van der Waals surface area contributed by atoms with Gasteiger partial charge in [-0.25, -0.2) is 5.48 Å². The molecule has 1 amide bonds. The first-order valence-electron chi connectivity index (χ1n) is 7.28. The fraction of sp³-hybridized carbons (Fsp3) is 0.222. The number of carbonyl (C=O) groups is 2. The van der Waals surface area contributed by atoms with Gasteiger partial charge in [-0.05, 0) is 24.0 Å². The van der Waals surface area contributed by atoms with Crippen LogP contribution in [-0.2, 0) is 17.6 Å². The number of hydroxylamine groups is 1. The third-order valence-corrected chi connectivity index (χ3v) is 3.48. The third-order valence-electron chi connectivity index (χ3n) is 3.48. The van der Waals surface area contributed by atoms with Crippen molar-refractivity contribution in [2.24, 2.45) is 0 Å². The minimum absolute atomic E-state index is 0.156. The highest BCUT2D eigenvalue weighted by Crippen LogP contribution is 2.11. The second-order valence-corrected chi connectivity index (χ2v) is 5.17. The van der Waals surface area contributed by atoms with E-state index in [1.807, 2.05) is 54.6 Å². The summed E-state index contributed by atoms with van der Waals surface area (Å²) < 4.78 is 0. The smallest absolute Gasteiger partial charge is 0.247 e. The molecule has 0 aromatic heterocycles. The maximum atomic E-state index is 12.0. The van der Waals surface area contributed by atoms with Gasteiger partial charge in [0.15, 0.2) is 5.78 Å². The summed E-state index contributed by atoms with van der Waals surface area (Å²) in [4.78, 5) is 23.0. The molecule has 0 saturated carbocycles. The fourth-order valence-corrected chi connectivity index (χ4v) is 2.27. The molecule has 0 unspecified atom stereocenters. The lowest BCUT2D eigenvalue weighted by Gasteiger charge is -2.04. The summed E-state index contributed by atoms with van der Waals surface area (Å²) in [5, 5.41) is 8.48. The molecule has 4 nitrogen and oxygen atoms in total. The number of benzene rings is 2. The van der Waals surface area contributed by atoms with Crippen LogP contribution in [0.15, 0.2) is 54.6 Å². The highest BCUT2D eigenvalue weighted by atomic mass is 16.5. The van der Waals surface area contributed by atoms with E-state index in [9.17, 15) is 9.59 Å². The van der Waals surface area contributed by atoms with Crippen molar-refractivity contribution in [1.82, 2.24) is 5.48 Å². The third kappa shape index (κ3) is 4.82. The molecule has 0 aliphatic rings. The van der Waals surface area contributed by atoms with Gasteiger partial charge in [0, 0.05) is 12.0 Å². The molecule has 114 valence electrons. The number of rotatable bonds is 7. The van der Waals surface area contributed by atoms with Crippen molar-refractivity contribution in [3.63, 3.8) is 0 Å². The van der Waals surface area contributed by atoms with Gasteiger partial charge >= 0.3 is 0 Å². The van der Waals surface area contributed by atoms with E-state index in [2.05, 4.69) is 0 Å². The number of hydrogen-bond acceptors (Lipinski definition) is 3. The Morgan fingerprint density at radius 2 is 1.55 bits per heavy atom. The zero-order valence-electron chi connectivity index (χ0n) is 12.3. The molecule has 0 bridgehead atoms. The minimum Gasteiger partial charge on any atom is -0.294 e. The topological polar surface area (TPSA) is 66.4 Å². The van der Waals surface area contributed by atoms with Crippen molar-refractivity contribution in [3.8, 4) is 0 Å². The lowest BCUT2D eigenvalue weighted by molar-refractivity contribution is -0.128. The van der Waals surface area contributed by atoms with E-state index < -0.39 is 5.91 Å². The molecule has 22 heavy (non-hydrogen) atoms. The predicted molar refractivity (Wildman–Crippen MR) is 83.8 cm³/mol. The fourth-order valence-electron chi connectivity index (χ4n) is 2.27. The number of nitrogens with one attached hydrogen (secondary N) is 1. The highest BCUT2D eigenvalue weighted by molar-refractivity contribution is 5.95. The number of carbonyl (C=O) groups excluding carboxylic acids is 2. The van der Waals surface area contributed by atoms with Crippen LogP contribution in [0.4, 0.5) is 0 Å². The number of ketones is 1. The molecule has 0 saturated heterocycles. The second-order valence-electron chi connectivity index (χ2n) is 5.17. The normalized spacial score (nSPS) is 10.2. The van der Waals surface area contributed by atoms with Crippen molar-refractivity contribution in [2.75, 3.05) is 0 Å². The van der Waals surface area contributed by atoms with Crippen LogP contribution in [0.3, 0.4) is 0 Å². The van der Waals surface area contributed by atoms with E-state index in [4.69, 9.17) is 5.21 Å². The van der Waals surface area contributed by atoms with E-state index in [0.29, 0.717) is 6.42 Å². The summed E-state index contributed by atoms with van der Waals surface area (Å²) in [6, 6.07) is 16.9. The van der Waals surface area contributed by atoms with E-state index in [-0.39, 0.29) is 12.2 Å². The molecule has 2 aromatic rings. The first kappa shape index (κ1) is 15.9. The first-order valence-corrected chi connectivity index (χ1v) is 7.28. The summed E-state index contributed by atoms with van der Waals surface area (Å²) >= 11 is 0. The molecular weight excluding hydrogens is 278 g/mol. The summed E-state index contributed by atoms with van der Waals surface area (Å²) in [7, 11) is 0. The van der Waals surface area contributed by atoms with Gasteiger partial charge in [-0.15, -0.1) is 0 Å². The van der Waals surface area contributed by atoms with Gasteiger partial charge in [0.2, 0.25) is 5.91 Å². The van der Waals surface area contributed by atoms with Crippen LogP contribution in [0, 0.1) is 0 Å². The maximum Gasteiger partial charge on any atom is 0.247 e. The molecule has 0 aliphatic carbocycles. The maximum absolute atomic E-state index is 12.0. The number of Topliss-reactive ketones (excluding diaryl/α,β-unsaturated/α-hetero) is 1. The van der Waals surface area contributed by atoms with Crippen molar-refractivity contribution < 1.29 is 14.8 Å². The van der Waals surface area contributed by atoms with Crippen molar-refractivity contribution in [2.45, 2.75) is 25.7 Å². The Bertz CT molecular complexity index is 621. The van der Waals surface area contributed by atoms with Crippen LogP contribution >= 0.6 is 0 Å². The molecule has 4 heteroatoms. The monoisotopic (exact) mass is 297 g/mol. The molecule has 2 aromatic carbocycles. The quantitative estimate of drug-likeness (QED) is 0.469. The van der Waals surface area contributed by atoms with Gasteiger partial charge in [-0.2, -0.15) is 0 Å². The van der Waals surface area contributed by atoms with Crippen molar-refractivity contribution in [1.29, 1.82) is 0 Å². The molecule has 0 heterocycles. The van der Waals surface area contributed by atoms with Crippen LogP contribution in [0.5, 0.6) is 0 Å². The molecule has 0 atom stereocenters. The Labute approximate surface area is 129 Å². The lowest BCUT2D eigenvalue weighted by Crippen LogP contribution is -2.20. The van der Waals surface area contributed by atoms with Gasteiger partial charge in [0.1, 0.15) is 0 Å². The molecule has 0 fully saturated rings. The van der Waals surface area contributed by atoms with E-state index in [1.54, 1.807) is 5.48 Å². The summed E-state index contributed by atoms with van der Waals surface area (Å²) in [6.07, 6.45) is 2.30. The number of aryl methyl sites for hydroxylation is 1. The Kier molecular flexibility index (Phi) is 5.86. The number of hydrogen-bond donors (Lipinski definition) is 2. The zero-order valence-corrected chi connectivity index (χ0v) is 12.3. The molecule has 0 spiro atoms. The van der Waals surface area contributed by atoms with E-state index in [1.165, 1.54) is 0 Å². The molecule has 2 rings (SSSR count). The molecule has 0 aliphatic heterocycles. The Hall–Kier alpha value is -2.46. The molecular formula is C18H19NO3. The standard InChI is InChI=1S/C18H19NO3/c20-17(16-6-2-1-3-7-16)8-4-5-14-9-11-15(12-10-14)13-18(21)19-22/h1-3,6-7,9-12,22H,4-5,8,13H2,(H,19,21). The van der Waals surface area contributed by atoms with Crippen LogP contribution in [0.1, 0.15) is 34.3 Å². The first-order chi connectivity index (χ1) is 10.7. The minimum atomic E-state index is -0.429. The van der Waals surface area contributed by atoms with Gasteiger partial charge in [0.05, 0.1) is 6.42 Å². The number of amides is 1. The Morgan fingerprint density at radius 1 is 0.909 bits per heavy atom.